The van der Waals surface area contributed by atoms with E-state index in [9.17, 15) is 4.79 Å². The van der Waals surface area contributed by atoms with Crippen molar-refractivity contribution in [1.82, 2.24) is 0 Å². The van der Waals surface area contributed by atoms with Crippen molar-refractivity contribution in [3.8, 4) is 0 Å². The predicted molar refractivity (Wildman–Crippen MR) is 65.0 cm³/mol. The van der Waals surface area contributed by atoms with E-state index in [1.807, 2.05) is 36.4 Å². The predicted octanol–water partition coefficient (Wildman–Crippen LogP) is 3.65. The first-order valence-electron chi connectivity index (χ1n) is 5.57. The Hall–Kier alpha value is -1.57. The van der Waals surface area contributed by atoms with Crippen LogP contribution in [-0.2, 0) is 9.53 Å². The van der Waals surface area contributed by atoms with Crippen molar-refractivity contribution in [1.29, 1.82) is 0 Å². The monoisotopic (exact) mass is 218 g/mol. The lowest BCUT2D eigenvalue weighted by molar-refractivity contribution is -0.147. The molecule has 0 saturated heterocycles. The van der Waals surface area contributed by atoms with Gasteiger partial charge in [-0.3, -0.25) is 4.79 Å². The van der Waals surface area contributed by atoms with Crippen molar-refractivity contribution >= 4 is 5.97 Å². The highest BCUT2D eigenvalue weighted by molar-refractivity contribution is 5.66. The molecule has 0 heterocycles. The second-order valence-corrected chi connectivity index (χ2v) is 3.73. The Kier molecular flexibility index (Phi) is 5.34. The molecule has 0 aliphatic rings. The van der Waals surface area contributed by atoms with E-state index < -0.39 is 0 Å². The van der Waals surface area contributed by atoms with E-state index >= 15 is 0 Å². The van der Waals surface area contributed by atoms with Crippen LogP contribution in [0.2, 0.25) is 0 Å². The van der Waals surface area contributed by atoms with E-state index in [0.29, 0.717) is 0 Å². The fraction of sp³-hybridized carbons (Fsp3) is 0.357. The summed E-state index contributed by atoms with van der Waals surface area (Å²) < 4.78 is 5.31. The maximum atomic E-state index is 11.0. The number of carbonyl (C=O) groups excluding carboxylic acids is 1. The molecule has 0 aliphatic carbocycles. The van der Waals surface area contributed by atoms with Gasteiger partial charge in [-0.25, -0.2) is 0 Å². The Morgan fingerprint density at radius 2 is 2.12 bits per heavy atom. The highest BCUT2D eigenvalue weighted by Crippen LogP contribution is 2.23. The number of allylic oxidation sites excluding steroid dienone is 1. The van der Waals surface area contributed by atoms with Gasteiger partial charge in [0.2, 0.25) is 0 Å². The molecule has 2 heteroatoms. The van der Waals surface area contributed by atoms with Crippen LogP contribution in [0.5, 0.6) is 0 Å². The number of hydrogen-bond acceptors (Lipinski definition) is 2. The molecule has 1 atom stereocenters. The van der Waals surface area contributed by atoms with E-state index in [1.54, 1.807) is 0 Å². The van der Waals surface area contributed by atoms with Crippen molar-refractivity contribution in [3.05, 3.63) is 48.6 Å². The van der Waals surface area contributed by atoms with Crippen LogP contribution in [0.4, 0.5) is 0 Å². The van der Waals surface area contributed by atoms with Crippen LogP contribution >= 0.6 is 0 Å². The normalized spacial score (nSPS) is 11.8. The van der Waals surface area contributed by atoms with E-state index in [0.717, 1.165) is 24.8 Å². The molecule has 0 radical (unpaired) electrons. The zero-order valence-corrected chi connectivity index (χ0v) is 9.69. The topological polar surface area (TPSA) is 26.3 Å². The first kappa shape index (κ1) is 12.5. The summed E-state index contributed by atoms with van der Waals surface area (Å²) in [6.07, 6.45) is 4.53. The molecular formula is C14H18O2. The molecule has 0 spiro atoms. The first-order valence-corrected chi connectivity index (χ1v) is 5.57. The van der Waals surface area contributed by atoms with Crippen LogP contribution in [0.3, 0.4) is 0 Å². The number of ether oxygens (including phenoxy) is 1. The van der Waals surface area contributed by atoms with Crippen LogP contribution in [0.25, 0.3) is 0 Å². The van der Waals surface area contributed by atoms with Gasteiger partial charge in [-0.15, -0.1) is 6.58 Å². The van der Waals surface area contributed by atoms with Crippen molar-refractivity contribution < 1.29 is 9.53 Å². The fourth-order valence-electron chi connectivity index (χ4n) is 1.61. The zero-order valence-electron chi connectivity index (χ0n) is 9.69. The number of esters is 1. The summed E-state index contributed by atoms with van der Waals surface area (Å²) in [5.74, 6) is -0.229. The highest BCUT2D eigenvalue weighted by atomic mass is 16.5. The molecule has 0 amide bonds. The summed E-state index contributed by atoms with van der Waals surface area (Å²) in [5.41, 5.74) is 1.06. The summed E-state index contributed by atoms with van der Waals surface area (Å²) >= 11 is 0. The number of unbranched alkanes of at least 4 members (excludes halogenated alkanes) is 1. The lowest BCUT2D eigenvalue weighted by atomic mass is 10.0. The lowest BCUT2D eigenvalue weighted by Crippen LogP contribution is -2.08. The largest absolute Gasteiger partial charge is 0.458 e. The summed E-state index contributed by atoms with van der Waals surface area (Å²) in [4.78, 5) is 11.0. The third-order valence-electron chi connectivity index (χ3n) is 2.35. The lowest BCUT2D eigenvalue weighted by Gasteiger charge is -2.16. The number of rotatable bonds is 6. The Morgan fingerprint density at radius 1 is 1.44 bits per heavy atom. The van der Waals surface area contributed by atoms with Crippen LogP contribution in [0, 0.1) is 0 Å². The highest BCUT2D eigenvalue weighted by Gasteiger charge is 2.13. The Labute approximate surface area is 96.9 Å². The molecule has 1 aromatic rings. The third-order valence-corrected chi connectivity index (χ3v) is 2.35. The summed E-state index contributed by atoms with van der Waals surface area (Å²) in [6, 6.07) is 9.85. The minimum absolute atomic E-state index is 0.126. The van der Waals surface area contributed by atoms with Gasteiger partial charge >= 0.3 is 5.97 Å². The summed E-state index contributed by atoms with van der Waals surface area (Å²) in [7, 11) is 0. The molecule has 0 bridgehead atoms. The van der Waals surface area contributed by atoms with Gasteiger partial charge in [-0.05, 0) is 24.8 Å². The molecule has 0 fully saturated rings. The van der Waals surface area contributed by atoms with Crippen LogP contribution in [0.15, 0.2) is 43.0 Å². The Bertz CT molecular complexity index is 330. The molecule has 0 aromatic heterocycles. The number of hydrogen-bond donors (Lipinski definition) is 0. The van der Waals surface area contributed by atoms with E-state index in [1.165, 1.54) is 6.92 Å². The van der Waals surface area contributed by atoms with Crippen LogP contribution in [0.1, 0.15) is 37.9 Å². The Morgan fingerprint density at radius 3 is 2.69 bits per heavy atom. The molecule has 0 unspecified atom stereocenters. The third kappa shape index (κ3) is 4.30. The minimum atomic E-state index is -0.229. The van der Waals surface area contributed by atoms with Crippen LogP contribution in [-0.4, -0.2) is 5.97 Å². The van der Waals surface area contributed by atoms with E-state index in [4.69, 9.17) is 4.74 Å². The molecular weight excluding hydrogens is 200 g/mol. The first-order chi connectivity index (χ1) is 7.74. The number of benzene rings is 1. The van der Waals surface area contributed by atoms with E-state index in [2.05, 4.69) is 6.58 Å². The second kappa shape index (κ2) is 6.83. The molecule has 16 heavy (non-hydrogen) atoms. The average Bonchev–Trinajstić information content (AvgIpc) is 2.29. The van der Waals surface area contributed by atoms with Crippen molar-refractivity contribution in [3.63, 3.8) is 0 Å². The fourth-order valence-corrected chi connectivity index (χ4v) is 1.61. The standard InChI is InChI=1S/C14H18O2/c1-3-4-6-11-14(16-12(2)15)13-9-7-5-8-10-13/h3,5,7-10,14H,1,4,6,11H2,2H3/t14-/m1/s1. The molecule has 2 nitrogen and oxygen atoms in total. The molecule has 0 N–H and O–H groups in total. The van der Waals surface area contributed by atoms with Gasteiger partial charge in [-0.2, -0.15) is 0 Å². The van der Waals surface area contributed by atoms with Gasteiger partial charge in [0, 0.05) is 6.92 Å². The quantitative estimate of drug-likeness (QED) is 0.414. The molecule has 1 rings (SSSR count). The summed E-state index contributed by atoms with van der Waals surface area (Å²) in [5, 5.41) is 0. The smallest absolute Gasteiger partial charge is 0.303 e. The molecule has 86 valence electrons. The number of carbonyl (C=O) groups is 1. The minimum Gasteiger partial charge on any atom is -0.458 e. The van der Waals surface area contributed by atoms with E-state index in [-0.39, 0.29) is 12.1 Å². The zero-order chi connectivity index (χ0) is 11.8. The Balaban J connectivity index is 2.63. The maximum Gasteiger partial charge on any atom is 0.303 e. The second-order valence-electron chi connectivity index (χ2n) is 3.73. The van der Waals surface area contributed by atoms with Crippen molar-refractivity contribution in [2.24, 2.45) is 0 Å². The van der Waals surface area contributed by atoms with Gasteiger partial charge < -0.3 is 4.74 Å². The van der Waals surface area contributed by atoms with Gasteiger partial charge in [0.15, 0.2) is 0 Å². The van der Waals surface area contributed by atoms with Crippen molar-refractivity contribution in [2.45, 2.75) is 32.3 Å². The molecule has 0 saturated carbocycles. The molecule has 1 aromatic carbocycles. The average molecular weight is 218 g/mol. The van der Waals surface area contributed by atoms with Crippen LogP contribution < -0.4 is 0 Å². The van der Waals surface area contributed by atoms with Crippen molar-refractivity contribution in [2.75, 3.05) is 0 Å². The van der Waals surface area contributed by atoms with Gasteiger partial charge in [-0.1, -0.05) is 36.4 Å². The summed E-state index contributed by atoms with van der Waals surface area (Å²) in [6.45, 7) is 5.13. The van der Waals surface area contributed by atoms with Gasteiger partial charge in [0.05, 0.1) is 0 Å². The SMILES string of the molecule is C=CCCC[C@@H](OC(C)=O)c1ccccc1. The molecule has 0 aliphatic heterocycles. The van der Waals surface area contributed by atoms with Gasteiger partial charge in [0.25, 0.3) is 0 Å². The maximum absolute atomic E-state index is 11.0. The van der Waals surface area contributed by atoms with Gasteiger partial charge in [0.1, 0.15) is 6.10 Å².